The van der Waals surface area contributed by atoms with Crippen molar-refractivity contribution in [3.05, 3.63) is 41.0 Å². The van der Waals surface area contributed by atoms with E-state index >= 15 is 0 Å². The number of hydrogen-bond acceptors (Lipinski definition) is 5. The van der Waals surface area contributed by atoms with Crippen molar-refractivity contribution in [2.45, 2.75) is 32.6 Å². The molecule has 1 atom stereocenters. The van der Waals surface area contributed by atoms with Gasteiger partial charge in [0.25, 0.3) is 5.79 Å². The fraction of sp³-hybridized carbons (Fsp3) is 0.412. The summed E-state index contributed by atoms with van der Waals surface area (Å²) in [7, 11) is 4.02. The van der Waals surface area contributed by atoms with Gasteiger partial charge in [-0.15, -0.1) is 0 Å². The maximum absolute atomic E-state index is 11.9. The maximum Gasteiger partial charge on any atom is 0.348 e. The van der Waals surface area contributed by atoms with Crippen molar-refractivity contribution in [3.8, 4) is 0 Å². The highest BCUT2D eigenvalue weighted by molar-refractivity contribution is 6.18. The molecule has 0 amide bonds. The van der Waals surface area contributed by atoms with Crippen LogP contribution < -0.4 is 0 Å². The fourth-order valence-electron chi connectivity index (χ4n) is 2.11. The summed E-state index contributed by atoms with van der Waals surface area (Å²) in [5, 5.41) is 0. The van der Waals surface area contributed by atoms with Crippen molar-refractivity contribution in [1.82, 2.24) is 4.90 Å². The largest absolute Gasteiger partial charge is 0.419 e. The van der Waals surface area contributed by atoms with E-state index in [-0.39, 0.29) is 11.6 Å². The summed E-state index contributed by atoms with van der Waals surface area (Å²) in [6.07, 6.45) is 1.49. The number of ether oxygens (including phenoxy) is 2. The van der Waals surface area contributed by atoms with Gasteiger partial charge in [0.05, 0.1) is 0 Å². The van der Waals surface area contributed by atoms with Crippen LogP contribution in [0.15, 0.2) is 29.8 Å². The first kappa shape index (κ1) is 16.2. The molecule has 0 spiro atoms. The molecule has 1 aliphatic heterocycles. The van der Waals surface area contributed by atoms with E-state index in [9.17, 15) is 9.59 Å². The van der Waals surface area contributed by atoms with Crippen LogP contribution in [0.2, 0.25) is 0 Å². The Bertz CT molecular complexity index is 592. The molecule has 1 unspecified atom stereocenters. The van der Waals surface area contributed by atoms with Crippen LogP contribution in [0.1, 0.15) is 37.9 Å². The minimum Gasteiger partial charge on any atom is -0.419 e. The molecule has 1 saturated heterocycles. The van der Waals surface area contributed by atoms with Crippen LogP contribution in [0.5, 0.6) is 0 Å². The van der Waals surface area contributed by atoms with E-state index < -0.39 is 17.7 Å². The quantitative estimate of drug-likeness (QED) is 0.488. The molecule has 0 aliphatic carbocycles. The van der Waals surface area contributed by atoms with E-state index in [1.165, 1.54) is 19.9 Å². The van der Waals surface area contributed by atoms with Gasteiger partial charge in [-0.2, -0.15) is 0 Å². The van der Waals surface area contributed by atoms with Crippen LogP contribution in [-0.2, 0) is 19.1 Å². The average molecular weight is 303 g/mol. The first-order valence-corrected chi connectivity index (χ1v) is 7.14. The third-order valence-corrected chi connectivity index (χ3v) is 3.62. The van der Waals surface area contributed by atoms with E-state index in [2.05, 4.69) is 11.8 Å². The zero-order valence-corrected chi connectivity index (χ0v) is 13.5. The van der Waals surface area contributed by atoms with Crippen molar-refractivity contribution in [2.75, 3.05) is 14.1 Å². The summed E-state index contributed by atoms with van der Waals surface area (Å²) < 4.78 is 10.1. The molecule has 1 aliphatic rings. The molecule has 1 aromatic rings. The van der Waals surface area contributed by atoms with Crippen molar-refractivity contribution in [2.24, 2.45) is 0 Å². The van der Waals surface area contributed by atoms with Gasteiger partial charge in [0.1, 0.15) is 5.57 Å². The summed E-state index contributed by atoms with van der Waals surface area (Å²) in [5.41, 5.74) is 1.81. The number of esters is 2. The second kappa shape index (κ2) is 5.93. The molecule has 118 valence electrons. The number of nitrogens with zero attached hydrogens (tertiary/aromatic N) is 1. The Balaban J connectivity index is 2.23. The highest BCUT2D eigenvalue weighted by Gasteiger charge is 2.38. The Hall–Kier alpha value is -2.14. The Morgan fingerprint density at radius 1 is 1.05 bits per heavy atom. The van der Waals surface area contributed by atoms with E-state index in [0.717, 1.165) is 11.1 Å². The molecule has 0 radical (unpaired) electrons. The van der Waals surface area contributed by atoms with Gasteiger partial charge in [0, 0.05) is 19.9 Å². The zero-order chi connectivity index (χ0) is 16.5. The molecule has 0 saturated carbocycles. The zero-order valence-electron chi connectivity index (χ0n) is 13.5. The number of cyclic esters (lactones) is 2. The maximum atomic E-state index is 11.9. The van der Waals surface area contributed by atoms with Gasteiger partial charge in [0.2, 0.25) is 0 Å². The SMILES string of the molecule is CC(c1ccc(C=C2C(=O)OC(C)(C)OC2=O)cc1)N(C)C. The molecule has 5 heteroatoms. The molecule has 1 heterocycles. The summed E-state index contributed by atoms with van der Waals surface area (Å²) in [6.45, 7) is 5.15. The van der Waals surface area contributed by atoms with Gasteiger partial charge in [-0.1, -0.05) is 24.3 Å². The third-order valence-electron chi connectivity index (χ3n) is 3.62. The van der Waals surface area contributed by atoms with E-state index in [1.54, 1.807) is 0 Å². The van der Waals surface area contributed by atoms with Crippen molar-refractivity contribution in [3.63, 3.8) is 0 Å². The van der Waals surface area contributed by atoms with E-state index in [1.807, 2.05) is 38.4 Å². The number of hydrogen-bond donors (Lipinski definition) is 0. The summed E-state index contributed by atoms with van der Waals surface area (Å²) in [4.78, 5) is 25.9. The van der Waals surface area contributed by atoms with Crippen LogP contribution >= 0.6 is 0 Å². The lowest BCUT2D eigenvalue weighted by Crippen LogP contribution is -2.41. The van der Waals surface area contributed by atoms with Crippen LogP contribution in [0.3, 0.4) is 0 Å². The Kier molecular flexibility index (Phi) is 4.37. The highest BCUT2D eigenvalue weighted by Crippen LogP contribution is 2.25. The normalized spacial score (nSPS) is 18.7. The number of carbonyl (C=O) groups is 2. The third kappa shape index (κ3) is 3.54. The lowest BCUT2D eigenvalue weighted by atomic mass is 10.0. The summed E-state index contributed by atoms with van der Waals surface area (Å²) in [6, 6.07) is 7.96. The van der Waals surface area contributed by atoms with Gasteiger partial charge in [-0.3, -0.25) is 0 Å². The molecule has 0 N–H and O–H groups in total. The minimum atomic E-state index is -1.21. The first-order chi connectivity index (χ1) is 10.2. The topological polar surface area (TPSA) is 55.8 Å². The van der Waals surface area contributed by atoms with Crippen LogP contribution in [0.25, 0.3) is 6.08 Å². The molecule has 2 rings (SSSR count). The smallest absolute Gasteiger partial charge is 0.348 e. The molecule has 0 aromatic heterocycles. The molecular formula is C17H21NO4. The van der Waals surface area contributed by atoms with Gasteiger partial charge >= 0.3 is 11.9 Å². The van der Waals surface area contributed by atoms with Gasteiger partial charge < -0.3 is 14.4 Å². The van der Waals surface area contributed by atoms with Gasteiger partial charge in [0.15, 0.2) is 0 Å². The van der Waals surface area contributed by atoms with Crippen LogP contribution in [0, 0.1) is 0 Å². The Labute approximate surface area is 130 Å². The lowest BCUT2D eigenvalue weighted by Gasteiger charge is -2.29. The van der Waals surface area contributed by atoms with Gasteiger partial charge in [-0.05, 0) is 38.2 Å². The summed E-state index contributed by atoms with van der Waals surface area (Å²) in [5.74, 6) is -2.53. The Morgan fingerprint density at radius 2 is 1.55 bits per heavy atom. The first-order valence-electron chi connectivity index (χ1n) is 7.14. The molecule has 22 heavy (non-hydrogen) atoms. The second-order valence-corrected chi connectivity index (χ2v) is 6.04. The number of benzene rings is 1. The summed E-state index contributed by atoms with van der Waals surface area (Å²) >= 11 is 0. The molecule has 1 fully saturated rings. The lowest BCUT2D eigenvalue weighted by molar-refractivity contribution is -0.222. The second-order valence-electron chi connectivity index (χ2n) is 6.04. The van der Waals surface area contributed by atoms with Crippen LogP contribution in [0.4, 0.5) is 0 Å². The number of carbonyl (C=O) groups excluding carboxylic acids is 2. The van der Waals surface area contributed by atoms with Crippen molar-refractivity contribution >= 4 is 18.0 Å². The fourth-order valence-corrected chi connectivity index (χ4v) is 2.11. The molecular weight excluding hydrogens is 282 g/mol. The molecule has 1 aromatic carbocycles. The monoisotopic (exact) mass is 303 g/mol. The predicted octanol–water partition coefficient (Wildman–Crippen LogP) is 2.53. The van der Waals surface area contributed by atoms with E-state index in [4.69, 9.17) is 9.47 Å². The molecule has 0 bridgehead atoms. The van der Waals surface area contributed by atoms with Crippen molar-refractivity contribution in [1.29, 1.82) is 0 Å². The minimum absolute atomic E-state index is 0.0901. The molecule has 5 nitrogen and oxygen atoms in total. The van der Waals surface area contributed by atoms with Gasteiger partial charge in [-0.25, -0.2) is 9.59 Å². The standard InChI is InChI=1S/C17H21NO4/c1-11(18(4)5)13-8-6-12(7-9-13)10-14-15(19)21-17(2,3)22-16(14)20/h6-11H,1-5H3. The highest BCUT2D eigenvalue weighted by atomic mass is 16.7. The predicted molar refractivity (Wildman–Crippen MR) is 82.8 cm³/mol. The number of rotatable bonds is 3. The Morgan fingerprint density at radius 3 is 2.00 bits per heavy atom. The van der Waals surface area contributed by atoms with E-state index in [0.29, 0.717) is 0 Å². The van der Waals surface area contributed by atoms with Crippen LogP contribution in [-0.4, -0.2) is 36.7 Å². The average Bonchev–Trinajstić information content (AvgIpc) is 2.41. The van der Waals surface area contributed by atoms with Crippen molar-refractivity contribution < 1.29 is 19.1 Å².